The van der Waals surface area contributed by atoms with Crippen molar-refractivity contribution in [3.05, 3.63) is 53.1 Å². The molecule has 0 unspecified atom stereocenters. The summed E-state index contributed by atoms with van der Waals surface area (Å²) in [6, 6.07) is 10.6. The molecule has 6 heteroatoms. The van der Waals surface area contributed by atoms with Crippen molar-refractivity contribution in [3.63, 3.8) is 0 Å². The number of carbonyl (C=O) groups is 1. The van der Waals surface area contributed by atoms with Crippen molar-refractivity contribution in [2.45, 2.75) is 0 Å². The summed E-state index contributed by atoms with van der Waals surface area (Å²) in [5, 5.41) is 3.14. The molecule has 0 bridgehead atoms. The number of benzene rings is 2. The smallest absolute Gasteiger partial charge is 0.248 e. The van der Waals surface area contributed by atoms with E-state index in [1.807, 2.05) is 24.3 Å². The van der Waals surface area contributed by atoms with Crippen molar-refractivity contribution < 1.29 is 19.0 Å². The van der Waals surface area contributed by atoms with Crippen molar-refractivity contribution in [3.8, 4) is 17.2 Å². The summed E-state index contributed by atoms with van der Waals surface area (Å²) < 4.78 is 15.6. The monoisotopic (exact) mass is 347 g/mol. The first-order valence-corrected chi connectivity index (χ1v) is 7.50. The maximum absolute atomic E-state index is 12.2. The van der Waals surface area contributed by atoms with Gasteiger partial charge in [0, 0.05) is 23.8 Å². The predicted octanol–water partition coefficient (Wildman–Crippen LogP) is 4.02. The van der Waals surface area contributed by atoms with E-state index in [0.29, 0.717) is 28.0 Å². The van der Waals surface area contributed by atoms with Crippen LogP contribution in [0.15, 0.2) is 42.5 Å². The Morgan fingerprint density at radius 1 is 1.00 bits per heavy atom. The zero-order valence-electron chi connectivity index (χ0n) is 13.6. The van der Waals surface area contributed by atoms with E-state index in [2.05, 4.69) is 5.32 Å². The normalized spacial score (nSPS) is 10.5. The third kappa shape index (κ3) is 4.20. The molecule has 1 N–H and O–H groups in total. The zero-order valence-corrected chi connectivity index (χ0v) is 14.4. The maximum atomic E-state index is 12.2. The number of nitrogens with one attached hydrogen (secondary N) is 1. The fourth-order valence-corrected chi connectivity index (χ4v) is 2.33. The zero-order chi connectivity index (χ0) is 17.5. The number of ether oxygens (including phenoxy) is 3. The van der Waals surface area contributed by atoms with Crippen molar-refractivity contribution >= 4 is 29.3 Å². The number of halogens is 1. The molecule has 0 aliphatic carbocycles. The van der Waals surface area contributed by atoms with Crippen LogP contribution in [-0.2, 0) is 4.79 Å². The lowest BCUT2D eigenvalue weighted by Gasteiger charge is -2.12. The SMILES string of the molecule is COc1cc(NC(=O)/C=C/c2ccccc2OC)c(OC)cc1Cl. The van der Waals surface area contributed by atoms with Crippen LogP contribution in [-0.4, -0.2) is 27.2 Å². The largest absolute Gasteiger partial charge is 0.496 e. The first-order valence-electron chi connectivity index (χ1n) is 7.12. The van der Waals surface area contributed by atoms with Gasteiger partial charge in [0.25, 0.3) is 0 Å². The minimum absolute atomic E-state index is 0.316. The van der Waals surface area contributed by atoms with E-state index in [4.69, 9.17) is 25.8 Å². The van der Waals surface area contributed by atoms with Gasteiger partial charge < -0.3 is 19.5 Å². The van der Waals surface area contributed by atoms with Gasteiger partial charge in [-0.1, -0.05) is 29.8 Å². The summed E-state index contributed by atoms with van der Waals surface area (Å²) in [5.74, 6) is 1.26. The standard InChI is InChI=1S/C18H18ClNO4/c1-22-15-7-5-4-6-12(15)8-9-18(21)20-14-11-16(23-2)13(19)10-17(14)24-3/h4-11H,1-3H3,(H,20,21)/b9-8+. The molecule has 24 heavy (non-hydrogen) atoms. The number of amides is 1. The van der Waals surface area contributed by atoms with Crippen LogP contribution in [0.2, 0.25) is 5.02 Å². The predicted molar refractivity (Wildman–Crippen MR) is 95.2 cm³/mol. The van der Waals surface area contributed by atoms with Crippen LogP contribution in [0.25, 0.3) is 6.08 Å². The molecule has 0 aromatic heterocycles. The van der Waals surface area contributed by atoms with Gasteiger partial charge >= 0.3 is 0 Å². The summed E-state index contributed by atoms with van der Waals surface area (Å²) in [7, 11) is 4.58. The molecular weight excluding hydrogens is 330 g/mol. The van der Waals surface area contributed by atoms with Crippen LogP contribution < -0.4 is 19.5 Å². The molecule has 0 saturated heterocycles. The van der Waals surface area contributed by atoms with Gasteiger partial charge in [-0.15, -0.1) is 0 Å². The van der Waals surface area contributed by atoms with Gasteiger partial charge in [-0.05, 0) is 12.1 Å². The second-order valence-corrected chi connectivity index (χ2v) is 5.16. The maximum Gasteiger partial charge on any atom is 0.248 e. The van der Waals surface area contributed by atoms with Gasteiger partial charge in [-0.3, -0.25) is 4.79 Å². The molecule has 2 aromatic rings. The highest BCUT2D eigenvalue weighted by Gasteiger charge is 2.11. The van der Waals surface area contributed by atoms with Crippen molar-refractivity contribution in [2.75, 3.05) is 26.6 Å². The Labute approximate surface area is 145 Å². The first kappa shape index (κ1) is 17.7. The Balaban J connectivity index is 2.19. The number of para-hydroxylation sites is 1. The summed E-state index contributed by atoms with van der Waals surface area (Å²) in [5.41, 5.74) is 1.27. The van der Waals surface area contributed by atoms with E-state index in [-0.39, 0.29) is 5.91 Å². The Hall–Kier alpha value is -2.66. The second-order valence-electron chi connectivity index (χ2n) is 4.75. The van der Waals surface area contributed by atoms with Gasteiger partial charge in [0.2, 0.25) is 5.91 Å². The quantitative estimate of drug-likeness (QED) is 0.802. The Bertz CT molecular complexity index is 759. The molecule has 0 fully saturated rings. The average Bonchev–Trinajstić information content (AvgIpc) is 2.61. The summed E-state index contributed by atoms with van der Waals surface area (Å²) in [4.78, 5) is 12.2. The molecule has 0 aliphatic rings. The van der Waals surface area contributed by atoms with Gasteiger partial charge in [0.15, 0.2) is 0 Å². The molecule has 2 rings (SSSR count). The second kappa shape index (κ2) is 8.26. The molecule has 0 aliphatic heterocycles. The molecule has 0 radical (unpaired) electrons. The molecule has 0 atom stereocenters. The van der Waals surface area contributed by atoms with Crippen LogP contribution in [0.1, 0.15) is 5.56 Å². The first-order chi connectivity index (χ1) is 11.6. The highest BCUT2D eigenvalue weighted by atomic mass is 35.5. The van der Waals surface area contributed by atoms with Crippen LogP contribution in [0, 0.1) is 0 Å². The van der Waals surface area contributed by atoms with Crippen LogP contribution in [0.4, 0.5) is 5.69 Å². The lowest BCUT2D eigenvalue weighted by molar-refractivity contribution is -0.111. The van der Waals surface area contributed by atoms with Gasteiger partial charge in [-0.2, -0.15) is 0 Å². The number of hydrogen-bond donors (Lipinski definition) is 1. The average molecular weight is 348 g/mol. The summed E-state index contributed by atoms with van der Waals surface area (Å²) >= 11 is 6.05. The van der Waals surface area contributed by atoms with E-state index in [1.165, 1.54) is 20.3 Å². The molecular formula is C18H18ClNO4. The molecule has 5 nitrogen and oxygen atoms in total. The molecule has 2 aromatic carbocycles. The molecule has 0 spiro atoms. The number of hydrogen-bond acceptors (Lipinski definition) is 4. The summed E-state index contributed by atoms with van der Waals surface area (Å²) in [6.45, 7) is 0. The molecule has 0 saturated carbocycles. The summed E-state index contributed by atoms with van der Waals surface area (Å²) in [6.07, 6.45) is 3.09. The lowest BCUT2D eigenvalue weighted by atomic mass is 10.2. The van der Waals surface area contributed by atoms with Crippen LogP contribution >= 0.6 is 11.6 Å². The fraction of sp³-hybridized carbons (Fsp3) is 0.167. The number of anilines is 1. The Morgan fingerprint density at radius 3 is 2.33 bits per heavy atom. The van der Waals surface area contributed by atoms with Gasteiger partial charge in [-0.25, -0.2) is 0 Å². The molecule has 0 heterocycles. The van der Waals surface area contributed by atoms with Crippen LogP contribution in [0.3, 0.4) is 0 Å². The third-order valence-corrected chi connectivity index (χ3v) is 3.58. The van der Waals surface area contributed by atoms with Crippen LogP contribution in [0.5, 0.6) is 17.2 Å². The molecule has 1 amide bonds. The van der Waals surface area contributed by atoms with E-state index in [9.17, 15) is 4.79 Å². The Morgan fingerprint density at radius 2 is 1.67 bits per heavy atom. The minimum atomic E-state index is -0.316. The van der Waals surface area contributed by atoms with E-state index in [1.54, 1.807) is 25.3 Å². The van der Waals surface area contributed by atoms with E-state index >= 15 is 0 Å². The fourth-order valence-electron chi connectivity index (χ4n) is 2.10. The Kier molecular flexibility index (Phi) is 6.09. The molecule has 126 valence electrons. The van der Waals surface area contributed by atoms with E-state index in [0.717, 1.165) is 5.56 Å². The topological polar surface area (TPSA) is 56.8 Å². The van der Waals surface area contributed by atoms with Gasteiger partial charge in [0.1, 0.15) is 17.2 Å². The minimum Gasteiger partial charge on any atom is -0.496 e. The highest BCUT2D eigenvalue weighted by molar-refractivity contribution is 6.32. The number of methoxy groups -OCH3 is 3. The highest BCUT2D eigenvalue weighted by Crippen LogP contribution is 2.35. The third-order valence-electron chi connectivity index (χ3n) is 3.28. The van der Waals surface area contributed by atoms with E-state index < -0.39 is 0 Å². The van der Waals surface area contributed by atoms with Crippen molar-refractivity contribution in [1.29, 1.82) is 0 Å². The number of rotatable bonds is 6. The lowest BCUT2D eigenvalue weighted by Crippen LogP contribution is -2.09. The van der Waals surface area contributed by atoms with Crippen molar-refractivity contribution in [2.24, 2.45) is 0 Å². The van der Waals surface area contributed by atoms with Gasteiger partial charge in [0.05, 0.1) is 32.0 Å². The number of carbonyl (C=O) groups excluding carboxylic acids is 1. The van der Waals surface area contributed by atoms with Crippen molar-refractivity contribution in [1.82, 2.24) is 0 Å².